The van der Waals surface area contributed by atoms with Crippen molar-refractivity contribution in [2.45, 2.75) is 337 Å². The highest BCUT2D eigenvalue weighted by atomic mass is 31.2. The van der Waals surface area contributed by atoms with Crippen LogP contribution in [0.15, 0.2) is 0 Å². The second-order valence-corrected chi connectivity index (χ2v) is 28.4. The molecule has 85 heavy (non-hydrogen) atoms. The lowest BCUT2D eigenvalue weighted by atomic mass is 9.99. The largest absolute Gasteiger partial charge is 0.472 e. The number of ether oxygens (including phenoxy) is 4. The lowest BCUT2D eigenvalue weighted by Crippen LogP contribution is -2.30. The summed E-state index contributed by atoms with van der Waals surface area (Å²) in [5.74, 6) is 0.775. The van der Waals surface area contributed by atoms with Crippen LogP contribution < -0.4 is 0 Å². The number of unbranched alkanes of at least 4 members (excludes halogenated alkanes) is 28. The van der Waals surface area contributed by atoms with E-state index in [1.807, 2.05) is 0 Å². The van der Waals surface area contributed by atoms with Gasteiger partial charge in [-0.15, -0.1) is 0 Å². The van der Waals surface area contributed by atoms with Crippen LogP contribution in [0.5, 0.6) is 0 Å². The van der Waals surface area contributed by atoms with Crippen molar-refractivity contribution in [2.24, 2.45) is 23.7 Å². The first-order valence-corrected chi connectivity index (χ1v) is 37.2. The van der Waals surface area contributed by atoms with E-state index in [1.54, 1.807) is 0 Å². The van der Waals surface area contributed by atoms with Crippen molar-refractivity contribution in [2.75, 3.05) is 39.6 Å². The fourth-order valence-electron chi connectivity index (χ4n) is 9.75. The molecular formula is C66H128O17P2. The molecule has 0 radical (unpaired) electrons. The van der Waals surface area contributed by atoms with E-state index in [4.69, 9.17) is 37.0 Å². The van der Waals surface area contributed by atoms with Crippen molar-refractivity contribution < 1.29 is 80.2 Å². The van der Waals surface area contributed by atoms with E-state index >= 15 is 0 Å². The van der Waals surface area contributed by atoms with Gasteiger partial charge in [-0.05, 0) is 49.4 Å². The van der Waals surface area contributed by atoms with Gasteiger partial charge in [0.05, 0.1) is 26.4 Å². The second-order valence-electron chi connectivity index (χ2n) is 25.5. The Kier molecular flexibility index (Phi) is 54.8. The van der Waals surface area contributed by atoms with Gasteiger partial charge in [0.1, 0.15) is 19.3 Å². The summed E-state index contributed by atoms with van der Waals surface area (Å²) in [6.45, 7) is 14.0. The van der Waals surface area contributed by atoms with Crippen molar-refractivity contribution in [3.63, 3.8) is 0 Å². The van der Waals surface area contributed by atoms with Gasteiger partial charge in [0.15, 0.2) is 12.2 Å². The van der Waals surface area contributed by atoms with Gasteiger partial charge in [0, 0.05) is 25.7 Å². The van der Waals surface area contributed by atoms with Crippen molar-refractivity contribution in [1.82, 2.24) is 0 Å². The van der Waals surface area contributed by atoms with E-state index in [1.165, 1.54) is 109 Å². The Morgan fingerprint density at radius 3 is 0.835 bits per heavy atom. The van der Waals surface area contributed by atoms with Gasteiger partial charge < -0.3 is 33.8 Å². The van der Waals surface area contributed by atoms with Crippen LogP contribution in [-0.2, 0) is 65.4 Å². The average molecular weight is 1260 g/mol. The number of hydrogen-bond donors (Lipinski definition) is 3. The van der Waals surface area contributed by atoms with Crippen LogP contribution in [0.25, 0.3) is 0 Å². The minimum absolute atomic E-state index is 0.104. The third-order valence-electron chi connectivity index (χ3n) is 15.4. The predicted molar refractivity (Wildman–Crippen MR) is 340 cm³/mol. The maximum absolute atomic E-state index is 13.0. The Morgan fingerprint density at radius 2 is 0.565 bits per heavy atom. The van der Waals surface area contributed by atoms with Crippen LogP contribution in [-0.4, -0.2) is 96.7 Å². The number of esters is 4. The van der Waals surface area contributed by atoms with Gasteiger partial charge in [-0.25, -0.2) is 9.13 Å². The molecule has 0 aromatic heterocycles. The molecule has 0 aliphatic rings. The van der Waals surface area contributed by atoms with Crippen LogP contribution in [0.1, 0.15) is 319 Å². The van der Waals surface area contributed by atoms with Gasteiger partial charge in [-0.1, -0.05) is 267 Å². The van der Waals surface area contributed by atoms with Gasteiger partial charge in [0.2, 0.25) is 0 Å². The molecule has 0 amide bonds. The summed E-state index contributed by atoms with van der Waals surface area (Å²) >= 11 is 0. The summed E-state index contributed by atoms with van der Waals surface area (Å²) in [5.41, 5.74) is 0. The predicted octanol–water partition coefficient (Wildman–Crippen LogP) is 18.1. The Bertz CT molecular complexity index is 1700. The molecule has 504 valence electrons. The second kappa shape index (κ2) is 56.1. The van der Waals surface area contributed by atoms with E-state index in [2.05, 4.69) is 55.4 Å². The molecule has 0 spiro atoms. The highest BCUT2D eigenvalue weighted by Crippen LogP contribution is 2.45. The summed E-state index contributed by atoms with van der Waals surface area (Å²) in [7, 11) is -9.89. The zero-order valence-corrected chi connectivity index (χ0v) is 57.0. The molecule has 3 unspecified atom stereocenters. The number of phosphoric ester groups is 2. The number of phosphoric acid groups is 2. The number of rotatable bonds is 63. The average Bonchev–Trinajstić information content (AvgIpc) is 3.47. The molecule has 17 nitrogen and oxygen atoms in total. The lowest BCUT2D eigenvalue weighted by molar-refractivity contribution is -0.161. The van der Waals surface area contributed by atoms with Gasteiger partial charge in [-0.2, -0.15) is 0 Å². The Balaban J connectivity index is 5.24. The zero-order valence-electron chi connectivity index (χ0n) is 55.2. The van der Waals surface area contributed by atoms with E-state index in [0.29, 0.717) is 37.5 Å². The van der Waals surface area contributed by atoms with Crippen LogP contribution in [0.4, 0.5) is 0 Å². The topological polar surface area (TPSA) is 237 Å². The number of carbonyl (C=O) groups excluding carboxylic acids is 4. The van der Waals surface area contributed by atoms with Crippen molar-refractivity contribution >= 4 is 39.5 Å². The molecule has 0 saturated carbocycles. The number of hydrogen-bond acceptors (Lipinski definition) is 15. The summed E-state index contributed by atoms with van der Waals surface area (Å²) in [6.07, 6.45) is 36.4. The number of carbonyl (C=O) groups is 4. The standard InChI is InChI=1S/C66H128O17P2/c1-9-59(8)45-37-29-19-15-11-13-17-21-33-41-49-66(71)83-62(53-77-64(69)47-39-31-25-23-28-36-44-58(6)7)55-81-85(74,75)79-51-60(67)50-78-84(72,73)80-54-61(52-76-63(68)46-38-30-24-22-27-35-43-57(4)5)82-65(70)48-40-32-20-16-12-10-14-18-26-34-42-56(2)3/h56-62,67H,9-55H2,1-8H3,(H,72,73)(H,74,75)/t59?,60-,61-,62-/m1/s1. The monoisotopic (exact) mass is 1250 g/mol. The zero-order chi connectivity index (χ0) is 63.2. The fourth-order valence-corrected chi connectivity index (χ4v) is 11.3. The molecule has 0 aliphatic carbocycles. The molecule has 0 aliphatic heterocycles. The van der Waals surface area contributed by atoms with E-state index < -0.39 is 97.5 Å². The van der Waals surface area contributed by atoms with Gasteiger partial charge in [-0.3, -0.25) is 37.3 Å². The molecule has 0 aromatic rings. The minimum Gasteiger partial charge on any atom is -0.462 e. The van der Waals surface area contributed by atoms with E-state index in [-0.39, 0.29) is 25.7 Å². The first kappa shape index (κ1) is 83.1. The quantitative estimate of drug-likeness (QED) is 0.0222. The van der Waals surface area contributed by atoms with Crippen LogP contribution >= 0.6 is 15.6 Å². The molecule has 6 atom stereocenters. The first-order valence-electron chi connectivity index (χ1n) is 34.2. The third kappa shape index (κ3) is 59.5. The first-order chi connectivity index (χ1) is 40.6. The van der Waals surface area contributed by atoms with Crippen molar-refractivity contribution in [1.29, 1.82) is 0 Å². The fraction of sp³-hybridized carbons (Fsp3) is 0.939. The molecular weight excluding hydrogens is 1130 g/mol. The molecule has 3 N–H and O–H groups in total. The summed E-state index contributed by atoms with van der Waals surface area (Å²) in [5, 5.41) is 10.5. The van der Waals surface area contributed by atoms with Crippen LogP contribution in [0.2, 0.25) is 0 Å². The van der Waals surface area contributed by atoms with Gasteiger partial charge >= 0.3 is 39.5 Å². The molecule has 0 heterocycles. The summed E-state index contributed by atoms with van der Waals surface area (Å²) < 4.78 is 68.1. The Hall–Kier alpha value is -1.94. The maximum atomic E-state index is 13.0. The van der Waals surface area contributed by atoms with Crippen LogP contribution in [0, 0.1) is 23.7 Å². The Morgan fingerprint density at radius 1 is 0.329 bits per heavy atom. The van der Waals surface area contributed by atoms with E-state index in [9.17, 15) is 43.2 Å². The van der Waals surface area contributed by atoms with Gasteiger partial charge in [0.25, 0.3) is 0 Å². The highest BCUT2D eigenvalue weighted by Gasteiger charge is 2.30. The smallest absolute Gasteiger partial charge is 0.462 e. The SMILES string of the molecule is CCC(C)CCCCCCCCCCCCC(=O)O[C@H](COC(=O)CCCCCCCCC(C)C)COP(=O)(O)OC[C@H](O)COP(=O)(O)OC[C@@H](COC(=O)CCCCCCCCC(C)C)OC(=O)CCCCCCCCCCCCC(C)C. The Labute approximate surface area is 517 Å². The number of aliphatic hydroxyl groups excluding tert-OH is 1. The summed E-state index contributed by atoms with van der Waals surface area (Å²) in [4.78, 5) is 72.3. The van der Waals surface area contributed by atoms with E-state index in [0.717, 1.165) is 115 Å². The van der Waals surface area contributed by atoms with Crippen LogP contribution in [0.3, 0.4) is 0 Å². The highest BCUT2D eigenvalue weighted by molar-refractivity contribution is 7.47. The molecule has 0 bridgehead atoms. The molecule has 0 fully saturated rings. The molecule has 0 saturated heterocycles. The van der Waals surface area contributed by atoms with Crippen molar-refractivity contribution in [3.05, 3.63) is 0 Å². The summed E-state index contributed by atoms with van der Waals surface area (Å²) in [6, 6.07) is 0. The third-order valence-corrected chi connectivity index (χ3v) is 17.3. The number of aliphatic hydroxyl groups is 1. The molecule has 0 rings (SSSR count). The molecule has 0 aromatic carbocycles. The lowest BCUT2D eigenvalue weighted by Gasteiger charge is -2.21. The maximum Gasteiger partial charge on any atom is 0.472 e. The normalized spacial score (nSPS) is 14.7. The minimum atomic E-state index is -4.95. The molecule has 19 heteroatoms. The van der Waals surface area contributed by atoms with Crippen molar-refractivity contribution in [3.8, 4) is 0 Å².